The van der Waals surface area contributed by atoms with Crippen molar-refractivity contribution in [2.75, 3.05) is 11.1 Å². The second-order valence-corrected chi connectivity index (χ2v) is 5.41. The topological polar surface area (TPSA) is 54.9 Å². The van der Waals surface area contributed by atoms with Gasteiger partial charge in [-0.05, 0) is 28.1 Å². The maximum atomic E-state index is 13.5. The van der Waals surface area contributed by atoms with Crippen LogP contribution in [0.15, 0.2) is 40.2 Å². The third kappa shape index (κ3) is 3.97. The molecule has 0 atom stereocenters. The Morgan fingerprint density at radius 3 is 2.65 bits per heavy atom. The molecule has 8 heteroatoms. The molecule has 0 radical (unpaired) electrons. The highest BCUT2D eigenvalue weighted by atomic mass is 79.9. The molecule has 104 valence electrons. The normalized spacial score (nSPS) is 10.3. The number of carbonyl (C=O) groups excluding carboxylic acids is 1. The number of benzene rings is 1. The van der Waals surface area contributed by atoms with Crippen LogP contribution < -0.4 is 5.32 Å². The van der Waals surface area contributed by atoms with Crippen molar-refractivity contribution in [2.45, 2.75) is 5.16 Å². The van der Waals surface area contributed by atoms with Gasteiger partial charge >= 0.3 is 0 Å². The summed E-state index contributed by atoms with van der Waals surface area (Å²) in [4.78, 5) is 19.6. The minimum Gasteiger partial charge on any atom is -0.322 e. The molecule has 1 amide bonds. The number of halogens is 3. The molecule has 1 N–H and O–H groups in total. The van der Waals surface area contributed by atoms with Crippen molar-refractivity contribution < 1.29 is 13.6 Å². The molecule has 0 bridgehead atoms. The Balaban J connectivity index is 1.98. The predicted octanol–water partition coefficient (Wildman–Crippen LogP) is 3.25. The van der Waals surface area contributed by atoms with Crippen LogP contribution in [0.2, 0.25) is 0 Å². The fraction of sp³-hybridized carbons (Fsp3) is 0.0833. The average molecular weight is 360 g/mol. The molecule has 0 aliphatic rings. The highest BCUT2D eigenvalue weighted by Gasteiger charge is 2.13. The van der Waals surface area contributed by atoms with Gasteiger partial charge in [0.2, 0.25) is 5.91 Å². The van der Waals surface area contributed by atoms with E-state index in [-0.39, 0.29) is 15.9 Å². The minimum absolute atomic E-state index is 0.0211. The number of aromatic nitrogens is 2. The summed E-state index contributed by atoms with van der Waals surface area (Å²) in [6, 6.07) is 3.44. The summed E-state index contributed by atoms with van der Waals surface area (Å²) in [5.41, 5.74) is -0.0917. The van der Waals surface area contributed by atoms with Crippen molar-refractivity contribution >= 4 is 39.3 Å². The zero-order valence-electron chi connectivity index (χ0n) is 9.94. The molecule has 0 saturated heterocycles. The SMILES string of the molecule is O=C(CSc1ncccn1)Nc1c(F)cc(F)cc1Br. The Labute approximate surface area is 126 Å². The first-order valence-corrected chi connectivity index (χ1v) is 7.18. The summed E-state index contributed by atoms with van der Waals surface area (Å²) < 4.78 is 26.6. The van der Waals surface area contributed by atoms with E-state index < -0.39 is 17.5 Å². The lowest BCUT2D eigenvalue weighted by Crippen LogP contribution is -2.16. The Bertz CT molecular complexity index is 604. The highest BCUT2D eigenvalue weighted by molar-refractivity contribution is 9.10. The number of hydrogen-bond donors (Lipinski definition) is 1. The number of rotatable bonds is 4. The lowest BCUT2D eigenvalue weighted by atomic mass is 10.3. The Kier molecular flexibility index (Phi) is 5.02. The van der Waals surface area contributed by atoms with E-state index in [0.29, 0.717) is 11.2 Å². The van der Waals surface area contributed by atoms with E-state index in [1.165, 1.54) is 0 Å². The van der Waals surface area contributed by atoms with E-state index >= 15 is 0 Å². The van der Waals surface area contributed by atoms with Crippen molar-refractivity contribution in [3.05, 3.63) is 46.7 Å². The Morgan fingerprint density at radius 2 is 2.00 bits per heavy atom. The Morgan fingerprint density at radius 1 is 1.30 bits per heavy atom. The van der Waals surface area contributed by atoms with Crippen molar-refractivity contribution in [1.82, 2.24) is 9.97 Å². The first-order chi connectivity index (χ1) is 9.56. The van der Waals surface area contributed by atoms with Crippen LogP contribution in [-0.2, 0) is 4.79 Å². The smallest absolute Gasteiger partial charge is 0.234 e. The molecule has 1 heterocycles. The monoisotopic (exact) mass is 359 g/mol. The van der Waals surface area contributed by atoms with Crippen molar-refractivity contribution in [3.63, 3.8) is 0 Å². The van der Waals surface area contributed by atoms with Crippen molar-refractivity contribution in [3.8, 4) is 0 Å². The number of nitrogens with one attached hydrogen (secondary N) is 1. The van der Waals surface area contributed by atoms with E-state index in [4.69, 9.17) is 0 Å². The number of nitrogens with zero attached hydrogens (tertiary/aromatic N) is 2. The molecular formula is C12H8BrF2N3OS. The molecule has 0 aliphatic carbocycles. The molecule has 2 rings (SSSR count). The standard InChI is InChI=1S/C12H8BrF2N3OS/c13-8-4-7(14)5-9(15)11(8)18-10(19)6-20-12-16-2-1-3-17-12/h1-5H,6H2,(H,18,19). The summed E-state index contributed by atoms with van der Waals surface area (Å²) in [5.74, 6) is -1.98. The van der Waals surface area contributed by atoms with E-state index in [0.717, 1.165) is 17.8 Å². The first kappa shape index (κ1) is 14.9. The molecule has 20 heavy (non-hydrogen) atoms. The molecule has 0 aliphatic heterocycles. The predicted molar refractivity (Wildman–Crippen MR) is 75.4 cm³/mol. The molecule has 0 saturated carbocycles. The third-order valence-corrected chi connectivity index (χ3v) is 3.65. The average Bonchev–Trinajstić information content (AvgIpc) is 2.42. The molecule has 2 aromatic rings. The minimum atomic E-state index is -0.841. The summed E-state index contributed by atoms with van der Waals surface area (Å²) >= 11 is 4.11. The second kappa shape index (κ2) is 6.76. The van der Waals surface area contributed by atoms with E-state index in [2.05, 4.69) is 31.2 Å². The van der Waals surface area contributed by atoms with Gasteiger partial charge in [0.25, 0.3) is 0 Å². The van der Waals surface area contributed by atoms with Gasteiger partial charge in [-0.2, -0.15) is 0 Å². The van der Waals surface area contributed by atoms with Crippen LogP contribution in [0.5, 0.6) is 0 Å². The van der Waals surface area contributed by atoms with E-state index in [1.54, 1.807) is 18.5 Å². The highest BCUT2D eigenvalue weighted by Crippen LogP contribution is 2.27. The second-order valence-electron chi connectivity index (χ2n) is 3.61. The van der Waals surface area contributed by atoms with Crippen LogP contribution >= 0.6 is 27.7 Å². The number of thioether (sulfide) groups is 1. The van der Waals surface area contributed by atoms with Crippen LogP contribution in [-0.4, -0.2) is 21.6 Å². The van der Waals surface area contributed by atoms with Crippen LogP contribution in [0.3, 0.4) is 0 Å². The maximum absolute atomic E-state index is 13.5. The van der Waals surface area contributed by atoms with E-state index in [1.807, 2.05) is 0 Å². The maximum Gasteiger partial charge on any atom is 0.234 e. The lowest BCUT2D eigenvalue weighted by molar-refractivity contribution is -0.113. The molecular weight excluding hydrogens is 352 g/mol. The largest absolute Gasteiger partial charge is 0.322 e. The first-order valence-electron chi connectivity index (χ1n) is 5.40. The fourth-order valence-electron chi connectivity index (χ4n) is 1.33. The summed E-state index contributed by atoms with van der Waals surface area (Å²) in [6.45, 7) is 0. The van der Waals surface area contributed by atoms with Crippen LogP contribution in [0.1, 0.15) is 0 Å². The summed E-state index contributed by atoms with van der Waals surface area (Å²) in [7, 11) is 0. The van der Waals surface area contributed by atoms with Crippen molar-refractivity contribution in [2.24, 2.45) is 0 Å². The van der Waals surface area contributed by atoms with E-state index in [9.17, 15) is 13.6 Å². The fourth-order valence-corrected chi connectivity index (χ4v) is 2.44. The van der Waals surface area contributed by atoms with Gasteiger partial charge in [0.1, 0.15) is 5.82 Å². The number of anilines is 1. The van der Waals surface area contributed by atoms with Gasteiger partial charge in [0.05, 0.1) is 11.4 Å². The van der Waals surface area contributed by atoms with Gasteiger partial charge in [-0.25, -0.2) is 18.7 Å². The molecule has 0 fully saturated rings. The number of amides is 1. The van der Waals surface area contributed by atoms with Gasteiger partial charge in [0.15, 0.2) is 11.0 Å². The van der Waals surface area contributed by atoms with Crippen LogP contribution in [0, 0.1) is 11.6 Å². The quantitative estimate of drug-likeness (QED) is 0.672. The van der Waals surface area contributed by atoms with Gasteiger partial charge in [0, 0.05) is 22.9 Å². The van der Waals surface area contributed by atoms with Crippen LogP contribution in [0.4, 0.5) is 14.5 Å². The van der Waals surface area contributed by atoms with Crippen LogP contribution in [0.25, 0.3) is 0 Å². The molecule has 0 unspecified atom stereocenters. The van der Waals surface area contributed by atoms with Crippen molar-refractivity contribution in [1.29, 1.82) is 0 Å². The molecule has 1 aromatic carbocycles. The molecule has 4 nitrogen and oxygen atoms in total. The zero-order chi connectivity index (χ0) is 14.5. The lowest BCUT2D eigenvalue weighted by Gasteiger charge is -2.08. The third-order valence-electron chi connectivity index (χ3n) is 2.15. The number of hydrogen-bond acceptors (Lipinski definition) is 4. The van der Waals surface area contributed by atoms with Gasteiger partial charge in [-0.15, -0.1) is 0 Å². The van der Waals surface area contributed by atoms with Gasteiger partial charge < -0.3 is 5.32 Å². The summed E-state index contributed by atoms with van der Waals surface area (Å²) in [5, 5.41) is 2.82. The molecule has 0 spiro atoms. The summed E-state index contributed by atoms with van der Waals surface area (Å²) in [6.07, 6.45) is 3.12. The molecule has 1 aromatic heterocycles. The van der Waals surface area contributed by atoms with Gasteiger partial charge in [-0.1, -0.05) is 11.8 Å². The number of carbonyl (C=O) groups is 1. The zero-order valence-corrected chi connectivity index (χ0v) is 12.3. The van der Waals surface area contributed by atoms with Gasteiger partial charge in [-0.3, -0.25) is 4.79 Å². The Hall–Kier alpha value is -1.54.